The van der Waals surface area contributed by atoms with Gasteiger partial charge in [-0.25, -0.2) is 4.68 Å². The molecular formula is C16H10N6O3. The monoisotopic (exact) mass is 334 g/mol. The summed E-state index contributed by atoms with van der Waals surface area (Å²) in [7, 11) is 0. The quantitative estimate of drug-likeness (QED) is 0.416. The second kappa shape index (κ2) is 5.96. The van der Waals surface area contributed by atoms with Gasteiger partial charge in [0.05, 0.1) is 10.6 Å². The highest BCUT2D eigenvalue weighted by Crippen LogP contribution is 2.31. The maximum Gasteiger partial charge on any atom is 0.271 e. The summed E-state index contributed by atoms with van der Waals surface area (Å²) in [4.78, 5) is 10.6. The van der Waals surface area contributed by atoms with Gasteiger partial charge < -0.3 is 4.52 Å². The first-order valence-electron chi connectivity index (χ1n) is 7.27. The van der Waals surface area contributed by atoms with Crippen LogP contribution in [0.3, 0.4) is 0 Å². The van der Waals surface area contributed by atoms with Crippen LogP contribution >= 0.6 is 0 Å². The first-order chi connectivity index (χ1) is 12.2. The number of rotatable bonds is 4. The van der Waals surface area contributed by atoms with Crippen LogP contribution in [-0.4, -0.2) is 30.3 Å². The maximum atomic E-state index is 11.1. The highest BCUT2D eigenvalue weighted by Gasteiger charge is 2.21. The fraction of sp³-hybridized carbons (Fsp3) is 0. The van der Waals surface area contributed by atoms with Crippen LogP contribution in [0.5, 0.6) is 0 Å². The Morgan fingerprint density at radius 2 is 1.88 bits per heavy atom. The predicted octanol–water partition coefficient (Wildman–Crippen LogP) is 2.89. The molecule has 0 amide bonds. The topological polar surface area (TPSA) is 113 Å². The van der Waals surface area contributed by atoms with Crippen molar-refractivity contribution in [1.29, 1.82) is 0 Å². The van der Waals surface area contributed by atoms with E-state index >= 15 is 0 Å². The lowest BCUT2D eigenvalue weighted by molar-refractivity contribution is -0.384. The molecule has 0 saturated heterocycles. The summed E-state index contributed by atoms with van der Waals surface area (Å²) in [5.41, 5.74) is 2.85. The summed E-state index contributed by atoms with van der Waals surface area (Å²) in [6, 6.07) is 15.6. The number of nitrogens with zero attached hydrogens (tertiary/aromatic N) is 6. The highest BCUT2D eigenvalue weighted by atomic mass is 16.6. The third-order valence-electron chi connectivity index (χ3n) is 3.61. The van der Waals surface area contributed by atoms with E-state index in [1.54, 1.807) is 12.1 Å². The van der Waals surface area contributed by atoms with E-state index in [1.807, 2.05) is 30.3 Å². The Labute approximate surface area is 140 Å². The van der Waals surface area contributed by atoms with Gasteiger partial charge in [0.15, 0.2) is 12.0 Å². The lowest BCUT2D eigenvalue weighted by Crippen LogP contribution is -2.00. The molecule has 0 radical (unpaired) electrons. The first kappa shape index (κ1) is 14.7. The van der Waals surface area contributed by atoms with Crippen LogP contribution < -0.4 is 0 Å². The Hall–Kier alpha value is -3.88. The minimum absolute atomic E-state index is 0.0309. The van der Waals surface area contributed by atoms with Crippen molar-refractivity contribution >= 4 is 5.69 Å². The molecule has 0 atom stereocenters. The smallest absolute Gasteiger partial charge is 0.271 e. The molecule has 25 heavy (non-hydrogen) atoms. The molecule has 0 aliphatic rings. The molecule has 0 saturated carbocycles. The van der Waals surface area contributed by atoms with E-state index in [4.69, 9.17) is 4.52 Å². The number of aromatic nitrogens is 5. The van der Waals surface area contributed by atoms with Crippen molar-refractivity contribution in [3.8, 4) is 28.3 Å². The van der Waals surface area contributed by atoms with Gasteiger partial charge in [-0.2, -0.15) is 0 Å². The summed E-state index contributed by atoms with van der Waals surface area (Å²) < 4.78 is 6.33. The Balaban J connectivity index is 1.95. The fourth-order valence-electron chi connectivity index (χ4n) is 2.50. The van der Waals surface area contributed by atoms with Gasteiger partial charge in [-0.15, -0.1) is 10.2 Å². The van der Waals surface area contributed by atoms with Gasteiger partial charge in [-0.3, -0.25) is 10.1 Å². The molecule has 2 aromatic carbocycles. The molecule has 0 fully saturated rings. The van der Waals surface area contributed by atoms with Crippen molar-refractivity contribution in [2.24, 2.45) is 0 Å². The van der Waals surface area contributed by atoms with Crippen molar-refractivity contribution in [3.05, 3.63) is 71.0 Å². The molecule has 0 unspecified atom stereocenters. The van der Waals surface area contributed by atoms with Crippen molar-refractivity contribution in [2.45, 2.75) is 0 Å². The Bertz CT molecular complexity index is 1030. The summed E-state index contributed by atoms with van der Waals surface area (Å²) in [5.74, 6) is 0. The second-order valence-corrected chi connectivity index (χ2v) is 5.13. The van der Waals surface area contributed by atoms with Crippen LogP contribution in [0.25, 0.3) is 28.3 Å². The molecule has 9 nitrogen and oxygen atoms in total. The molecular weight excluding hydrogens is 324 g/mol. The standard InChI is InChI=1S/C16H10N6O3/c23-22(24)13-8-4-7-12(9-13)21-16(11-5-2-1-3-6-11)15(18-19-21)14-10-25-20-17-14/h1-10H. The molecule has 2 aromatic heterocycles. The summed E-state index contributed by atoms with van der Waals surface area (Å²) in [6.07, 6.45) is 1.37. The van der Waals surface area contributed by atoms with E-state index in [0.29, 0.717) is 22.8 Å². The fourth-order valence-corrected chi connectivity index (χ4v) is 2.50. The van der Waals surface area contributed by atoms with Gasteiger partial charge in [0.25, 0.3) is 5.69 Å². The van der Waals surface area contributed by atoms with Crippen LogP contribution in [0.1, 0.15) is 0 Å². The minimum Gasteiger partial charge on any atom is -0.345 e. The molecule has 0 N–H and O–H groups in total. The van der Waals surface area contributed by atoms with E-state index in [-0.39, 0.29) is 5.69 Å². The SMILES string of the molecule is O=[N+]([O-])c1cccc(-n2nnc(-c3conn3)c2-c2ccccc2)c1. The van der Waals surface area contributed by atoms with Crippen molar-refractivity contribution in [2.75, 3.05) is 0 Å². The zero-order valence-electron chi connectivity index (χ0n) is 12.7. The summed E-state index contributed by atoms with van der Waals surface area (Å²) >= 11 is 0. The number of benzene rings is 2. The second-order valence-electron chi connectivity index (χ2n) is 5.13. The van der Waals surface area contributed by atoms with Gasteiger partial charge in [0.1, 0.15) is 11.4 Å². The van der Waals surface area contributed by atoms with Crippen LogP contribution in [0.4, 0.5) is 5.69 Å². The molecule has 4 rings (SSSR count). The highest BCUT2D eigenvalue weighted by molar-refractivity contribution is 5.77. The van der Waals surface area contributed by atoms with Crippen molar-refractivity contribution in [1.82, 2.24) is 25.4 Å². The lowest BCUT2D eigenvalue weighted by atomic mass is 10.1. The number of non-ortho nitro benzene ring substituents is 1. The summed E-state index contributed by atoms with van der Waals surface area (Å²) in [5, 5.41) is 26.7. The molecule has 0 aliphatic carbocycles. The molecule has 0 aliphatic heterocycles. The van der Waals surface area contributed by atoms with Crippen LogP contribution in [-0.2, 0) is 0 Å². The van der Waals surface area contributed by atoms with Gasteiger partial charge in [-0.1, -0.05) is 41.6 Å². The van der Waals surface area contributed by atoms with Gasteiger partial charge in [0, 0.05) is 23.0 Å². The number of nitro benzene ring substituents is 1. The molecule has 0 spiro atoms. The molecule has 0 bridgehead atoms. The Morgan fingerprint density at radius 1 is 1.04 bits per heavy atom. The average molecular weight is 334 g/mol. The number of hydrogen-bond acceptors (Lipinski definition) is 7. The molecule has 2 heterocycles. The van der Waals surface area contributed by atoms with Gasteiger partial charge in [0.2, 0.25) is 0 Å². The lowest BCUT2D eigenvalue weighted by Gasteiger charge is -2.07. The minimum atomic E-state index is -0.453. The van der Waals surface area contributed by atoms with E-state index < -0.39 is 4.92 Å². The van der Waals surface area contributed by atoms with Crippen LogP contribution in [0.2, 0.25) is 0 Å². The third-order valence-corrected chi connectivity index (χ3v) is 3.61. The largest absolute Gasteiger partial charge is 0.345 e. The zero-order valence-corrected chi connectivity index (χ0v) is 12.7. The number of hydrogen-bond donors (Lipinski definition) is 0. The van der Waals surface area contributed by atoms with Crippen LogP contribution in [0, 0.1) is 10.1 Å². The third kappa shape index (κ3) is 2.63. The molecule has 9 heteroatoms. The van der Waals surface area contributed by atoms with E-state index in [1.165, 1.54) is 23.1 Å². The average Bonchev–Trinajstić information content (AvgIpc) is 3.32. The van der Waals surface area contributed by atoms with Crippen molar-refractivity contribution in [3.63, 3.8) is 0 Å². The molecule has 4 aromatic rings. The van der Waals surface area contributed by atoms with Crippen molar-refractivity contribution < 1.29 is 9.45 Å². The summed E-state index contributed by atoms with van der Waals surface area (Å²) in [6.45, 7) is 0. The van der Waals surface area contributed by atoms with E-state index in [9.17, 15) is 10.1 Å². The maximum absolute atomic E-state index is 11.1. The molecule has 122 valence electrons. The van der Waals surface area contributed by atoms with Gasteiger partial charge >= 0.3 is 0 Å². The van der Waals surface area contributed by atoms with Gasteiger partial charge in [-0.05, 0) is 6.07 Å². The predicted molar refractivity (Wildman–Crippen MR) is 86.7 cm³/mol. The first-order valence-corrected chi connectivity index (χ1v) is 7.27. The Kier molecular flexibility index (Phi) is 3.51. The zero-order chi connectivity index (χ0) is 17.2. The number of nitro groups is 1. The van der Waals surface area contributed by atoms with Crippen LogP contribution in [0.15, 0.2) is 65.4 Å². The normalized spacial score (nSPS) is 10.7. The van der Waals surface area contributed by atoms with E-state index in [0.717, 1.165) is 5.56 Å². The Morgan fingerprint density at radius 3 is 2.60 bits per heavy atom. The van der Waals surface area contributed by atoms with E-state index in [2.05, 4.69) is 20.7 Å².